The quantitative estimate of drug-likeness (QED) is 0.750. The summed E-state index contributed by atoms with van der Waals surface area (Å²) in [6.07, 6.45) is 0.699. The zero-order chi connectivity index (χ0) is 17.4. The maximum Gasteiger partial charge on any atom is 0.319 e. The molecule has 0 aliphatic rings. The predicted molar refractivity (Wildman–Crippen MR) is 96.6 cm³/mol. The van der Waals surface area contributed by atoms with Gasteiger partial charge in [0, 0.05) is 29.4 Å². The lowest BCUT2D eigenvalue weighted by molar-refractivity contribution is 0.0956. The van der Waals surface area contributed by atoms with Crippen LogP contribution >= 0.6 is 11.6 Å². The second-order valence-corrected chi connectivity index (χ2v) is 5.63. The lowest BCUT2D eigenvalue weighted by Gasteiger charge is -2.09. The number of rotatable bonds is 6. The van der Waals surface area contributed by atoms with E-state index in [1.54, 1.807) is 24.3 Å². The normalized spacial score (nSPS) is 10.1. The third kappa shape index (κ3) is 5.59. The lowest BCUT2D eigenvalue weighted by atomic mass is 10.1. The Morgan fingerprint density at radius 2 is 1.79 bits per heavy atom. The number of urea groups is 1. The molecule has 0 aliphatic carbocycles. The van der Waals surface area contributed by atoms with Gasteiger partial charge in [-0.05, 0) is 55.3 Å². The van der Waals surface area contributed by atoms with Crippen LogP contribution in [0.2, 0.25) is 5.02 Å². The van der Waals surface area contributed by atoms with Gasteiger partial charge in [0.15, 0.2) is 0 Å². The third-order valence-corrected chi connectivity index (χ3v) is 3.57. The molecule has 0 bridgehead atoms. The number of carbonyl (C=O) groups excluding carboxylic acids is 2. The molecule has 0 saturated carbocycles. The molecule has 6 heteroatoms. The average molecular weight is 346 g/mol. The van der Waals surface area contributed by atoms with E-state index in [2.05, 4.69) is 16.0 Å². The third-order valence-electron chi connectivity index (χ3n) is 3.33. The fourth-order valence-electron chi connectivity index (χ4n) is 2.16. The Balaban J connectivity index is 1.78. The van der Waals surface area contributed by atoms with E-state index in [0.29, 0.717) is 35.8 Å². The Morgan fingerprint density at radius 3 is 2.46 bits per heavy atom. The molecular formula is C18H20ClN3O2. The Kier molecular flexibility index (Phi) is 6.63. The highest BCUT2D eigenvalue weighted by Crippen LogP contribution is 2.11. The molecular weight excluding hydrogens is 326 g/mol. The van der Waals surface area contributed by atoms with Crippen molar-refractivity contribution in [1.29, 1.82) is 0 Å². The minimum Gasteiger partial charge on any atom is -0.352 e. The van der Waals surface area contributed by atoms with E-state index in [9.17, 15) is 9.59 Å². The topological polar surface area (TPSA) is 70.2 Å². The summed E-state index contributed by atoms with van der Waals surface area (Å²) in [6, 6.07) is 14.0. The van der Waals surface area contributed by atoms with Crippen LogP contribution in [0.3, 0.4) is 0 Å². The first-order valence-corrected chi connectivity index (χ1v) is 8.14. The van der Waals surface area contributed by atoms with Crippen molar-refractivity contribution in [3.8, 4) is 0 Å². The Labute approximate surface area is 146 Å². The first-order chi connectivity index (χ1) is 11.6. The summed E-state index contributed by atoms with van der Waals surface area (Å²) < 4.78 is 0. The van der Waals surface area contributed by atoms with Gasteiger partial charge in [0.2, 0.25) is 0 Å². The number of amides is 3. The summed E-state index contributed by atoms with van der Waals surface area (Å²) in [4.78, 5) is 23.5. The molecule has 0 spiro atoms. The molecule has 0 heterocycles. The molecule has 2 aromatic carbocycles. The number of benzene rings is 2. The molecule has 0 fully saturated rings. The van der Waals surface area contributed by atoms with Gasteiger partial charge in [-0.3, -0.25) is 4.79 Å². The molecule has 126 valence electrons. The van der Waals surface area contributed by atoms with Gasteiger partial charge in [-0.25, -0.2) is 4.79 Å². The SMILES string of the molecule is CCNC(=O)c1ccc(NC(=O)NCCc2cccc(Cl)c2)cc1. The van der Waals surface area contributed by atoms with E-state index in [0.717, 1.165) is 5.56 Å². The van der Waals surface area contributed by atoms with Crippen molar-refractivity contribution in [2.75, 3.05) is 18.4 Å². The Bertz CT molecular complexity index is 702. The highest BCUT2D eigenvalue weighted by atomic mass is 35.5. The molecule has 3 N–H and O–H groups in total. The van der Waals surface area contributed by atoms with Gasteiger partial charge in [0.25, 0.3) is 5.91 Å². The van der Waals surface area contributed by atoms with Gasteiger partial charge in [0.1, 0.15) is 0 Å². The summed E-state index contributed by atoms with van der Waals surface area (Å²) >= 11 is 5.92. The Hall–Kier alpha value is -2.53. The van der Waals surface area contributed by atoms with E-state index in [4.69, 9.17) is 11.6 Å². The molecule has 0 aromatic heterocycles. The maximum atomic E-state index is 11.9. The molecule has 0 radical (unpaired) electrons. The van der Waals surface area contributed by atoms with Crippen molar-refractivity contribution in [2.45, 2.75) is 13.3 Å². The van der Waals surface area contributed by atoms with Gasteiger partial charge in [-0.2, -0.15) is 0 Å². The first-order valence-electron chi connectivity index (χ1n) is 7.76. The van der Waals surface area contributed by atoms with Crippen LogP contribution in [0.4, 0.5) is 10.5 Å². The monoisotopic (exact) mass is 345 g/mol. The van der Waals surface area contributed by atoms with Crippen molar-refractivity contribution in [2.24, 2.45) is 0 Å². The molecule has 2 rings (SSSR count). The van der Waals surface area contributed by atoms with Crippen LogP contribution in [-0.4, -0.2) is 25.0 Å². The van der Waals surface area contributed by atoms with E-state index in [1.165, 1.54) is 0 Å². The van der Waals surface area contributed by atoms with Gasteiger partial charge in [-0.1, -0.05) is 23.7 Å². The van der Waals surface area contributed by atoms with Crippen LogP contribution in [0.15, 0.2) is 48.5 Å². The zero-order valence-corrected chi connectivity index (χ0v) is 14.2. The molecule has 3 amide bonds. The molecule has 24 heavy (non-hydrogen) atoms. The Morgan fingerprint density at radius 1 is 1.04 bits per heavy atom. The van der Waals surface area contributed by atoms with E-state index in [1.807, 2.05) is 31.2 Å². The second-order valence-electron chi connectivity index (χ2n) is 5.20. The highest BCUT2D eigenvalue weighted by Gasteiger charge is 2.05. The average Bonchev–Trinajstić information content (AvgIpc) is 2.56. The number of carbonyl (C=O) groups is 2. The molecule has 0 aliphatic heterocycles. The number of halogens is 1. The van der Waals surface area contributed by atoms with Crippen LogP contribution < -0.4 is 16.0 Å². The van der Waals surface area contributed by atoms with Crippen molar-refractivity contribution in [3.05, 3.63) is 64.7 Å². The minimum atomic E-state index is -0.289. The van der Waals surface area contributed by atoms with E-state index in [-0.39, 0.29) is 11.9 Å². The minimum absolute atomic E-state index is 0.130. The largest absolute Gasteiger partial charge is 0.352 e. The number of anilines is 1. The first kappa shape index (κ1) is 17.8. The van der Waals surface area contributed by atoms with E-state index >= 15 is 0 Å². The van der Waals surface area contributed by atoms with Gasteiger partial charge in [0.05, 0.1) is 0 Å². The fourth-order valence-corrected chi connectivity index (χ4v) is 2.37. The van der Waals surface area contributed by atoms with Crippen LogP contribution in [0, 0.1) is 0 Å². The predicted octanol–water partition coefficient (Wildman–Crippen LogP) is 3.45. The van der Waals surface area contributed by atoms with Crippen LogP contribution in [-0.2, 0) is 6.42 Å². The molecule has 0 atom stereocenters. The number of hydrogen-bond acceptors (Lipinski definition) is 2. The van der Waals surface area contributed by atoms with Crippen molar-refractivity contribution in [1.82, 2.24) is 10.6 Å². The van der Waals surface area contributed by atoms with Crippen LogP contribution in [0.25, 0.3) is 0 Å². The maximum absolute atomic E-state index is 11.9. The second kappa shape index (κ2) is 8.93. The molecule has 0 unspecified atom stereocenters. The highest BCUT2D eigenvalue weighted by molar-refractivity contribution is 6.30. The summed E-state index contributed by atoms with van der Waals surface area (Å²) in [5.74, 6) is -0.130. The zero-order valence-electron chi connectivity index (χ0n) is 13.4. The smallest absolute Gasteiger partial charge is 0.319 e. The molecule has 0 saturated heterocycles. The summed E-state index contributed by atoms with van der Waals surface area (Å²) in [6.45, 7) is 2.94. The lowest BCUT2D eigenvalue weighted by Crippen LogP contribution is -2.30. The van der Waals surface area contributed by atoms with Crippen molar-refractivity contribution in [3.63, 3.8) is 0 Å². The van der Waals surface area contributed by atoms with E-state index < -0.39 is 0 Å². The van der Waals surface area contributed by atoms with Gasteiger partial charge >= 0.3 is 6.03 Å². The van der Waals surface area contributed by atoms with Crippen LogP contribution in [0.5, 0.6) is 0 Å². The summed E-state index contributed by atoms with van der Waals surface area (Å²) in [7, 11) is 0. The van der Waals surface area contributed by atoms with Crippen molar-refractivity contribution < 1.29 is 9.59 Å². The standard InChI is InChI=1S/C18H20ClN3O2/c1-2-20-17(23)14-6-8-16(9-7-14)22-18(24)21-11-10-13-4-3-5-15(19)12-13/h3-9,12H,2,10-11H2,1H3,(H,20,23)(H2,21,22,24). The summed E-state index contributed by atoms with van der Waals surface area (Å²) in [5.41, 5.74) is 2.25. The molecule has 5 nitrogen and oxygen atoms in total. The number of hydrogen-bond donors (Lipinski definition) is 3. The van der Waals surface area contributed by atoms with Gasteiger partial charge < -0.3 is 16.0 Å². The van der Waals surface area contributed by atoms with Gasteiger partial charge in [-0.15, -0.1) is 0 Å². The fraction of sp³-hybridized carbons (Fsp3) is 0.222. The number of nitrogens with one attached hydrogen (secondary N) is 3. The molecule has 2 aromatic rings. The summed E-state index contributed by atoms with van der Waals surface area (Å²) in [5, 5.41) is 8.92. The van der Waals surface area contributed by atoms with Crippen LogP contribution in [0.1, 0.15) is 22.8 Å². The van der Waals surface area contributed by atoms with Crippen molar-refractivity contribution >= 4 is 29.2 Å².